The number of rotatable bonds is 6. The molecule has 0 bridgehead atoms. The lowest BCUT2D eigenvalue weighted by Crippen LogP contribution is -2.46. The molecule has 0 aromatic carbocycles. The monoisotopic (exact) mass is 452 g/mol. The van der Waals surface area contributed by atoms with Crippen LogP contribution in [0.3, 0.4) is 0 Å². The van der Waals surface area contributed by atoms with Gasteiger partial charge in [-0.1, -0.05) is 83.9 Å². The van der Waals surface area contributed by atoms with E-state index in [-0.39, 0.29) is 17.5 Å². The number of esters is 1. The fourth-order valence-corrected chi connectivity index (χ4v) is 7.95. The Labute approximate surface area is 203 Å². The standard InChI is InChI=1S/C31H48O2/c1-8-29(32)33-24-15-17-30(6)23(19-24)11-12-25-27-14-13-26(31(27,7)18-16-28(25)30)22(5)10-9-21(4)20(2)3/h9-12,20-22,24,26-28H,8,13-19H2,1-7H3/b10-9+/t21-,22+,24?,26?,27-,28-,30-,31+/m0/s1. The van der Waals surface area contributed by atoms with E-state index < -0.39 is 0 Å². The van der Waals surface area contributed by atoms with E-state index in [9.17, 15) is 4.79 Å². The minimum absolute atomic E-state index is 0.0485. The summed E-state index contributed by atoms with van der Waals surface area (Å²) < 4.78 is 5.74. The Hall–Kier alpha value is -1.31. The summed E-state index contributed by atoms with van der Waals surface area (Å²) in [6.45, 7) is 16.5. The minimum Gasteiger partial charge on any atom is -0.462 e. The highest BCUT2D eigenvalue weighted by Gasteiger charge is 2.56. The molecule has 4 rings (SSSR count). The van der Waals surface area contributed by atoms with Crippen molar-refractivity contribution in [1.29, 1.82) is 0 Å². The number of allylic oxidation sites excluding steroid dienone is 5. The Balaban J connectivity index is 1.53. The maximum absolute atomic E-state index is 11.9. The normalized spacial score (nSPS) is 39.9. The van der Waals surface area contributed by atoms with Gasteiger partial charge in [-0.15, -0.1) is 0 Å². The van der Waals surface area contributed by atoms with Gasteiger partial charge in [-0.05, 0) is 84.9 Å². The Kier molecular flexibility index (Phi) is 7.05. The summed E-state index contributed by atoms with van der Waals surface area (Å²) in [5.74, 6) is 4.20. The summed E-state index contributed by atoms with van der Waals surface area (Å²) in [4.78, 5) is 11.9. The molecule has 0 aromatic rings. The molecule has 184 valence electrons. The number of ether oxygens (including phenoxy) is 1. The van der Waals surface area contributed by atoms with Crippen LogP contribution < -0.4 is 0 Å². The molecule has 0 heterocycles. The lowest BCUT2D eigenvalue weighted by atomic mass is 9.50. The van der Waals surface area contributed by atoms with Crippen LogP contribution in [0, 0.1) is 46.3 Å². The molecule has 2 nitrogen and oxygen atoms in total. The molecule has 8 atom stereocenters. The Bertz CT molecular complexity index is 832. The Morgan fingerprint density at radius 1 is 1.03 bits per heavy atom. The van der Waals surface area contributed by atoms with Crippen molar-refractivity contribution in [2.45, 2.75) is 106 Å². The van der Waals surface area contributed by atoms with Crippen molar-refractivity contribution in [3.05, 3.63) is 35.5 Å². The minimum atomic E-state index is -0.0485. The number of hydrogen-bond acceptors (Lipinski definition) is 2. The zero-order chi connectivity index (χ0) is 24.0. The average molecular weight is 453 g/mol. The van der Waals surface area contributed by atoms with Crippen LogP contribution in [0.4, 0.5) is 0 Å². The molecule has 0 saturated heterocycles. The first kappa shape index (κ1) is 24.8. The maximum atomic E-state index is 11.9. The van der Waals surface area contributed by atoms with E-state index in [0.29, 0.717) is 35.5 Å². The predicted octanol–water partition coefficient (Wildman–Crippen LogP) is 8.29. The zero-order valence-electron chi connectivity index (χ0n) is 22.3. The molecule has 2 heteroatoms. The first-order valence-electron chi connectivity index (χ1n) is 13.9. The molecule has 0 radical (unpaired) electrons. The van der Waals surface area contributed by atoms with Crippen molar-refractivity contribution < 1.29 is 9.53 Å². The molecular formula is C31H48O2. The zero-order valence-corrected chi connectivity index (χ0v) is 22.3. The summed E-state index contributed by atoms with van der Waals surface area (Å²) in [6, 6.07) is 0. The van der Waals surface area contributed by atoms with Crippen molar-refractivity contribution in [2.75, 3.05) is 0 Å². The topological polar surface area (TPSA) is 26.3 Å². The van der Waals surface area contributed by atoms with E-state index in [0.717, 1.165) is 31.1 Å². The van der Waals surface area contributed by atoms with Gasteiger partial charge >= 0.3 is 5.97 Å². The summed E-state index contributed by atoms with van der Waals surface area (Å²) in [6.07, 6.45) is 19.0. The van der Waals surface area contributed by atoms with Crippen LogP contribution in [-0.4, -0.2) is 12.1 Å². The number of carbonyl (C=O) groups excluding carboxylic acids is 1. The average Bonchev–Trinajstić information content (AvgIpc) is 3.14. The van der Waals surface area contributed by atoms with E-state index >= 15 is 0 Å². The highest BCUT2D eigenvalue weighted by Crippen LogP contribution is 2.66. The van der Waals surface area contributed by atoms with Crippen LogP contribution in [0.1, 0.15) is 99.8 Å². The molecule has 0 amide bonds. The molecule has 3 fully saturated rings. The van der Waals surface area contributed by atoms with E-state index in [1.807, 2.05) is 6.92 Å². The van der Waals surface area contributed by atoms with Gasteiger partial charge in [0.1, 0.15) is 6.10 Å². The van der Waals surface area contributed by atoms with E-state index in [4.69, 9.17) is 4.74 Å². The summed E-state index contributed by atoms with van der Waals surface area (Å²) in [7, 11) is 0. The van der Waals surface area contributed by atoms with Gasteiger partial charge in [0.05, 0.1) is 0 Å². The van der Waals surface area contributed by atoms with Crippen molar-refractivity contribution in [3.63, 3.8) is 0 Å². The number of fused-ring (bicyclic) bond motifs is 5. The van der Waals surface area contributed by atoms with Gasteiger partial charge in [0.15, 0.2) is 0 Å². The SMILES string of the molecule is CCC(=O)OC1CC[C@@]2(C)C(=CC=C3[C@@H]2CC[C@]2(C)C([C@H](C)/C=C/[C@H](C)C(C)C)CC[C@@H]32)C1. The molecule has 2 unspecified atom stereocenters. The predicted molar refractivity (Wildman–Crippen MR) is 138 cm³/mol. The van der Waals surface area contributed by atoms with E-state index in [1.54, 1.807) is 5.57 Å². The van der Waals surface area contributed by atoms with Crippen molar-refractivity contribution in [2.24, 2.45) is 46.3 Å². The molecular weight excluding hydrogens is 404 g/mol. The highest BCUT2D eigenvalue weighted by molar-refractivity contribution is 5.69. The van der Waals surface area contributed by atoms with Crippen molar-refractivity contribution in [1.82, 2.24) is 0 Å². The molecule has 0 spiro atoms. The summed E-state index contributed by atoms with van der Waals surface area (Å²) >= 11 is 0. The highest BCUT2D eigenvalue weighted by atomic mass is 16.5. The van der Waals surface area contributed by atoms with Gasteiger partial charge in [0, 0.05) is 12.8 Å². The molecule has 4 aliphatic rings. The van der Waals surface area contributed by atoms with Gasteiger partial charge in [0.2, 0.25) is 0 Å². The molecule has 3 saturated carbocycles. The molecule has 0 aromatic heterocycles. The van der Waals surface area contributed by atoms with Crippen LogP contribution in [0.5, 0.6) is 0 Å². The lowest BCUT2D eigenvalue weighted by Gasteiger charge is -2.55. The van der Waals surface area contributed by atoms with Gasteiger partial charge in [-0.2, -0.15) is 0 Å². The largest absolute Gasteiger partial charge is 0.462 e. The van der Waals surface area contributed by atoms with E-state index in [2.05, 4.69) is 65.8 Å². The number of carbonyl (C=O) groups is 1. The number of hydrogen-bond donors (Lipinski definition) is 0. The second kappa shape index (κ2) is 9.38. The fourth-order valence-electron chi connectivity index (χ4n) is 7.95. The van der Waals surface area contributed by atoms with Gasteiger partial charge in [-0.25, -0.2) is 0 Å². The Morgan fingerprint density at radius 2 is 1.79 bits per heavy atom. The summed E-state index contributed by atoms with van der Waals surface area (Å²) in [5, 5.41) is 0. The molecule has 0 aliphatic heterocycles. The third-order valence-corrected chi connectivity index (χ3v) is 10.6. The smallest absolute Gasteiger partial charge is 0.305 e. The first-order valence-corrected chi connectivity index (χ1v) is 13.9. The van der Waals surface area contributed by atoms with Crippen LogP contribution >= 0.6 is 0 Å². The molecule has 33 heavy (non-hydrogen) atoms. The van der Waals surface area contributed by atoms with Crippen LogP contribution in [-0.2, 0) is 9.53 Å². The maximum Gasteiger partial charge on any atom is 0.305 e. The first-order chi connectivity index (χ1) is 15.6. The second-order valence-electron chi connectivity index (χ2n) is 12.7. The quantitative estimate of drug-likeness (QED) is 0.299. The second-order valence-corrected chi connectivity index (χ2v) is 12.7. The van der Waals surface area contributed by atoms with Crippen LogP contribution in [0.2, 0.25) is 0 Å². The van der Waals surface area contributed by atoms with Gasteiger partial charge in [-0.3, -0.25) is 4.79 Å². The third-order valence-electron chi connectivity index (χ3n) is 10.6. The van der Waals surface area contributed by atoms with Crippen LogP contribution in [0.25, 0.3) is 0 Å². The lowest BCUT2D eigenvalue weighted by molar-refractivity contribution is -0.150. The summed E-state index contributed by atoms with van der Waals surface area (Å²) in [5.41, 5.74) is 3.99. The third kappa shape index (κ3) is 4.41. The van der Waals surface area contributed by atoms with Crippen LogP contribution in [0.15, 0.2) is 35.5 Å². The van der Waals surface area contributed by atoms with Crippen molar-refractivity contribution in [3.8, 4) is 0 Å². The van der Waals surface area contributed by atoms with Gasteiger partial charge in [0.25, 0.3) is 0 Å². The molecule has 0 N–H and O–H groups in total. The van der Waals surface area contributed by atoms with E-state index in [1.165, 1.54) is 31.3 Å². The molecule has 4 aliphatic carbocycles. The fraction of sp³-hybridized carbons (Fsp3) is 0.774. The van der Waals surface area contributed by atoms with Gasteiger partial charge < -0.3 is 4.74 Å². The van der Waals surface area contributed by atoms with Crippen molar-refractivity contribution >= 4 is 5.97 Å². The Morgan fingerprint density at radius 3 is 2.48 bits per heavy atom.